The highest BCUT2D eigenvalue weighted by Crippen LogP contribution is 2.69. The van der Waals surface area contributed by atoms with Crippen molar-refractivity contribution in [2.75, 3.05) is 0 Å². The fourth-order valence-electron chi connectivity index (χ4n) is 6.92. The molecule has 0 radical (unpaired) electrons. The summed E-state index contributed by atoms with van der Waals surface area (Å²) in [5, 5.41) is 20.1. The molecule has 2 nitrogen and oxygen atoms in total. The van der Waals surface area contributed by atoms with Gasteiger partial charge in [0, 0.05) is 6.42 Å². The topological polar surface area (TPSA) is 40.5 Å². The van der Waals surface area contributed by atoms with Crippen LogP contribution in [0.25, 0.3) is 0 Å². The number of aliphatic hydroxyl groups excluding tert-OH is 1. The van der Waals surface area contributed by atoms with Crippen LogP contribution in [0.2, 0.25) is 0 Å². The number of hydrogen-bond donors (Lipinski definition) is 2. The Morgan fingerprint density at radius 3 is 2.57 bits per heavy atom. The average Bonchev–Trinajstić information content (AvgIpc) is 3.35. The van der Waals surface area contributed by atoms with Gasteiger partial charge in [0.1, 0.15) is 5.60 Å². The van der Waals surface area contributed by atoms with Gasteiger partial charge in [0.15, 0.2) is 0 Å². The molecule has 4 aliphatic rings. The predicted octanol–water partition coefficient (Wildman–Crippen LogP) is 6.10. The Morgan fingerprint density at radius 2 is 1.87 bits per heavy atom. The lowest BCUT2D eigenvalue weighted by molar-refractivity contribution is 0.0817. The molecular formula is C28H40O2. The van der Waals surface area contributed by atoms with Crippen LogP contribution in [0.5, 0.6) is 0 Å². The summed E-state index contributed by atoms with van der Waals surface area (Å²) in [6, 6.07) is 0. The summed E-state index contributed by atoms with van der Waals surface area (Å²) >= 11 is 0. The second kappa shape index (κ2) is 7.99. The van der Waals surface area contributed by atoms with Crippen molar-refractivity contribution < 1.29 is 10.2 Å². The van der Waals surface area contributed by atoms with E-state index in [2.05, 4.69) is 37.5 Å². The van der Waals surface area contributed by atoms with Gasteiger partial charge in [-0.15, -0.1) is 0 Å². The van der Waals surface area contributed by atoms with E-state index in [0.717, 1.165) is 37.2 Å². The van der Waals surface area contributed by atoms with Gasteiger partial charge in [0.2, 0.25) is 0 Å². The monoisotopic (exact) mass is 408 g/mol. The standard InChI is InChI=1S/C28H40O2/c1-20-21(8-5-10-24(20)29)11-12-22-9-6-16-27(4)23(22)13-14-25(27)28(18-19-28)17-7-15-26(2,3)30/h11-12,23-25,29-30H,1,5-6,8-10,13-14,16-19H2,2-4H3/b21-11-,22-12+/t23?,24-,25-,27-/m0/s1. The van der Waals surface area contributed by atoms with Gasteiger partial charge >= 0.3 is 0 Å². The van der Waals surface area contributed by atoms with Crippen molar-refractivity contribution in [2.45, 2.75) is 103 Å². The number of aliphatic hydroxyl groups is 2. The maximum absolute atomic E-state index is 10.1. The maximum atomic E-state index is 10.1. The Bertz CT molecular complexity index is 808. The van der Waals surface area contributed by atoms with Gasteiger partial charge in [-0.25, -0.2) is 0 Å². The third-order valence-electron chi connectivity index (χ3n) is 8.67. The first-order valence-corrected chi connectivity index (χ1v) is 12.1. The minimum absolute atomic E-state index is 0.351. The molecule has 2 N–H and O–H groups in total. The lowest BCUT2D eigenvalue weighted by atomic mass is 9.59. The van der Waals surface area contributed by atoms with Gasteiger partial charge < -0.3 is 10.2 Å². The second-order valence-corrected chi connectivity index (χ2v) is 11.3. The third kappa shape index (κ3) is 4.21. The van der Waals surface area contributed by atoms with Gasteiger partial charge in [0.05, 0.1) is 6.10 Å². The number of hydrogen-bond acceptors (Lipinski definition) is 2. The number of fused-ring (bicyclic) bond motifs is 1. The zero-order valence-electron chi connectivity index (χ0n) is 19.3. The van der Waals surface area contributed by atoms with Gasteiger partial charge in [-0.2, -0.15) is 0 Å². The molecular weight excluding hydrogens is 368 g/mol. The van der Waals surface area contributed by atoms with Crippen LogP contribution in [0.1, 0.15) is 91.4 Å². The minimum Gasteiger partial charge on any atom is -0.388 e. The Labute approximate surface area is 183 Å². The van der Waals surface area contributed by atoms with Crippen LogP contribution < -0.4 is 0 Å². The lowest BCUT2D eigenvalue weighted by Gasteiger charge is -2.45. The SMILES string of the molecule is C=C1/C(=C\C=C2/CCC[C@@]3(C)C2CC[C@@H]3C2(CC#CC(C)(C)O)CC2)CCC[C@@H]1O. The Morgan fingerprint density at radius 1 is 1.10 bits per heavy atom. The summed E-state index contributed by atoms with van der Waals surface area (Å²) in [4.78, 5) is 0. The third-order valence-corrected chi connectivity index (χ3v) is 8.67. The highest BCUT2D eigenvalue weighted by Gasteiger charge is 2.60. The van der Waals surface area contributed by atoms with E-state index in [4.69, 9.17) is 0 Å². The number of allylic oxidation sites excluding steroid dienone is 3. The Balaban J connectivity index is 1.52. The molecule has 30 heavy (non-hydrogen) atoms. The van der Waals surface area contributed by atoms with E-state index in [9.17, 15) is 10.2 Å². The molecule has 1 unspecified atom stereocenters. The molecule has 0 bridgehead atoms. The van der Waals surface area contributed by atoms with Crippen molar-refractivity contribution in [3.8, 4) is 11.8 Å². The van der Waals surface area contributed by atoms with Crippen LogP contribution in [0.3, 0.4) is 0 Å². The summed E-state index contributed by atoms with van der Waals surface area (Å²) in [5.74, 6) is 7.85. The molecule has 4 aliphatic carbocycles. The molecule has 4 atom stereocenters. The van der Waals surface area contributed by atoms with Crippen molar-refractivity contribution in [3.63, 3.8) is 0 Å². The summed E-state index contributed by atoms with van der Waals surface area (Å²) in [7, 11) is 0. The van der Waals surface area contributed by atoms with Crippen LogP contribution in [0.4, 0.5) is 0 Å². The van der Waals surface area contributed by atoms with Crippen molar-refractivity contribution >= 4 is 0 Å². The lowest BCUT2D eigenvalue weighted by Crippen LogP contribution is -2.37. The van der Waals surface area contributed by atoms with E-state index in [1.807, 2.05) is 0 Å². The Kier molecular flexibility index (Phi) is 5.84. The molecule has 0 saturated heterocycles. The Hall–Kier alpha value is -1.30. The zero-order chi connectivity index (χ0) is 21.6. The van der Waals surface area contributed by atoms with Crippen molar-refractivity contribution in [2.24, 2.45) is 22.7 Å². The maximum Gasteiger partial charge on any atom is 0.119 e. The summed E-state index contributed by atoms with van der Waals surface area (Å²) in [6.07, 6.45) is 17.3. The first-order valence-electron chi connectivity index (χ1n) is 12.1. The molecule has 0 aliphatic heterocycles. The molecule has 4 fully saturated rings. The van der Waals surface area contributed by atoms with E-state index in [1.54, 1.807) is 19.4 Å². The molecule has 0 aromatic carbocycles. The van der Waals surface area contributed by atoms with Crippen LogP contribution in [0.15, 0.2) is 35.5 Å². The van der Waals surface area contributed by atoms with E-state index in [0.29, 0.717) is 16.7 Å². The molecule has 4 saturated carbocycles. The highest BCUT2D eigenvalue weighted by atomic mass is 16.3. The van der Waals surface area contributed by atoms with Gasteiger partial charge in [0.25, 0.3) is 0 Å². The molecule has 2 heteroatoms. The van der Waals surface area contributed by atoms with Crippen molar-refractivity contribution in [1.82, 2.24) is 0 Å². The fraction of sp³-hybridized carbons (Fsp3) is 0.714. The molecule has 0 heterocycles. The van der Waals surface area contributed by atoms with E-state index >= 15 is 0 Å². The van der Waals surface area contributed by atoms with Crippen molar-refractivity contribution in [1.29, 1.82) is 0 Å². The van der Waals surface area contributed by atoms with Crippen LogP contribution in [0, 0.1) is 34.5 Å². The first kappa shape index (κ1) is 21.9. The quantitative estimate of drug-likeness (QED) is 0.554. The summed E-state index contributed by atoms with van der Waals surface area (Å²) < 4.78 is 0. The smallest absolute Gasteiger partial charge is 0.119 e. The van der Waals surface area contributed by atoms with Crippen LogP contribution in [-0.2, 0) is 0 Å². The normalized spacial score (nSPS) is 38.3. The van der Waals surface area contributed by atoms with Crippen molar-refractivity contribution in [3.05, 3.63) is 35.5 Å². The van der Waals surface area contributed by atoms with E-state index in [1.165, 1.54) is 50.5 Å². The van der Waals surface area contributed by atoms with E-state index < -0.39 is 5.60 Å². The van der Waals surface area contributed by atoms with Crippen LogP contribution >= 0.6 is 0 Å². The first-order chi connectivity index (χ1) is 14.1. The second-order valence-electron chi connectivity index (χ2n) is 11.3. The fourth-order valence-corrected chi connectivity index (χ4v) is 6.92. The summed E-state index contributed by atoms with van der Waals surface area (Å²) in [5.41, 5.74) is 3.71. The summed E-state index contributed by atoms with van der Waals surface area (Å²) in [6.45, 7) is 10.3. The van der Waals surface area contributed by atoms with E-state index in [-0.39, 0.29) is 6.10 Å². The molecule has 4 rings (SSSR count). The molecule has 0 spiro atoms. The van der Waals surface area contributed by atoms with Gasteiger partial charge in [-0.3, -0.25) is 0 Å². The average molecular weight is 409 g/mol. The largest absolute Gasteiger partial charge is 0.388 e. The molecule has 0 aromatic rings. The number of rotatable bonds is 3. The van der Waals surface area contributed by atoms with Crippen LogP contribution in [-0.4, -0.2) is 21.9 Å². The molecule has 164 valence electrons. The highest BCUT2D eigenvalue weighted by molar-refractivity contribution is 5.38. The molecule has 0 aromatic heterocycles. The predicted molar refractivity (Wildman–Crippen MR) is 124 cm³/mol. The van der Waals surface area contributed by atoms with Gasteiger partial charge in [-0.1, -0.05) is 43.1 Å². The molecule has 0 amide bonds. The zero-order valence-corrected chi connectivity index (χ0v) is 19.3. The minimum atomic E-state index is -0.886. The van der Waals surface area contributed by atoms with Gasteiger partial charge in [-0.05, 0) is 112 Å².